The number of hydrogen-bond acceptors (Lipinski definition) is 6. The highest BCUT2D eigenvalue weighted by Gasteiger charge is 2.49. The second-order valence-electron chi connectivity index (χ2n) is 6.19. The highest BCUT2D eigenvalue weighted by molar-refractivity contribution is 7.18. The number of rotatable bonds is 5. The Morgan fingerprint density at radius 3 is 2.79 bits per heavy atom. The molecular weight excluding hydrogens is 326 g/mol. The first-order chi connectivity index (χ1) is 11.6. The van der Waals surface area contributed by atoms with E-state index < -0.39 is 17.5 Å². The first kappa shape index (κ1) is 16.9. The average molecular weight is 347 g/mol. The Morgan fingerprint density at radius 1 is 1.38 bits per heavy atom. The summed E-state index contributed by atoms with van der Waals surface area (Å²) in [6.07, 6.45) is 0.757. The molecule has 0 bridgehead atoms. The van der Waals surface area contributed by atoms with Gasteiger partial charge in [-0.3, -0.25) is 4.79 Å². The second kappa shape index (κ2) is 6.86. The molecule has 2 atom stereocenters. The van der Waals surface area contributed by atoms with Gasteiger partial charge in [0.25, 0.3) is 0 Å². The number of aliphatic hydroxyl groups excluding tert-OH is 1. The fraction of sp³-hybridized carbons (Fsp3) is 0.471. The van der Waals surface area contributed by atoms with Crippen molar-refractivity contribution in [3.8, 4) is 10.6 Å². The van der Waals surface area contributed by atoms with E-state index in [2.05, 4.69) is 10.2 Å². The van der Waals surface area contributed by atoms with Gasteiger partial charge in [-0.15, -0.1) is 10.2 Å². The van der Waals surface area contributed by atoms with E-state index in [4.69, 9.17) is 0 Å². The number of aromatic nitrogens is 2. The standard InChI is InChI=1S/C17H21N3O3S/c1-2-9-17(15(22)23)11-20(10-8-13(17)21)16-19-18-14(24-16)12-6-4-3-5-7-12/h3-7,13,21H,2,8-11H2,1H3,(H,22,23)/t13-,17+/m0/s1. The zero-order valence-corrected chi connectivity index (χ0v) is 14.4. The van der Waals surface area contributed by atoms with Crippen LogP contribution in [0.1, 0.15) is 26.2 Å². The van der Waals surface area contributed by atoms with Crippen molar-refractivity contribution in [1.82, 2.24) is 10.2 Å². The molecule has 0 radical (unpaired) electrons. The average Bonchev–Trinajstić information content (AvgIpc) is 3.08. The van der Waals surface area contributed by atoms with Crippen LogP contribution in [0.2, 0.25) is 0 Å². The van der Waals surface area contributed by atoms with Crippen LogP contribution in [0.5, 0.6) is 0 Å². The van der Waals surface area contributed by atoms with Crippen molar-refractivity contribution < 1.29 is 15.0 Å². The van der Waals surface area contributed by atoms with Crippen LogP contribution in [0.3, 0.4) is 0 Å². The number of aliphatic hydroxyl groups is 1. The quantitative estimate of drug-likeness (QED) is 0.865. The third-order valence-corrected chi connectivity index (χ3v) is 5.64. The van der Waals surface area contributed by atoms with Crippen molar-refractivity contribution in [2.45, 2.75) is 32.3 Å². The van der Waals surface area contributed by atoms with Gasteiger partial charge < -0.3 is 15.1 Å². The van der Waals surface area contributed by atoms with Crippen molar-refractivity contribution in [3.63, 3.8) is 0 Å². The van der Waals surface area contributed by atoms with E-state index in [9.17, 15) is 15.0 Å². The molecule has 3 rings (SSSR count). The van der Waals surface area contributed by atoms with E-state index in [1.165, 1.54) is 11.3 Å². The molecule has 0 aliphatic carbocycles. The highest BCUT2D eigenvalue weighted by Crippen LogP contribution is 2.39. The monoisotopic (exact) mass is 347 g/mol. The van der Waals surface area contributed by atoms with Gasteiger partial charge in [0, 0.05) is 18.7 Å². The Bertz CT molecular complexity index is 706. The van der Waals surface area contributed by atoms with Gasteiger partial charge >= 0.3 is 5.97 Å². The van der Waals surface area contributed by atoms with Crippen LogP contribution in [-0.4, -0.2) is 45.6 Å². The fourth-order valence-electron chi connectivity index (χ4n) is 3.29. The Kier molecular flexibility index (Phi) is 4.82. The lowest BCUT2D eigenvalue weighted by Gasteiger charge is -2.43. The van der Waals surface area contributed by atoms with E-state index >= 15 is 0 Å². The maximum absolute atomic E-state index is 11.9. The second-order valence-corrected chi connectivity index (χ2v) is 7.15. The third kappa shape index (κ3) is 3.01. The minimum absolute atomic E-state index is 0.265. The highest BCUT2D eigenvalue weighted by atomic mass is 32.1. The molecule has 24 heavy (non-hydrogen) atoms. The lowest BCUT2D eigenvalue weighted by Crippen LogP contribution is -2.56. The summed E-state index contributed by atoms with van der Waals surface area (Å²) in [5.74, 6) is -0.936. The van der Waals surface area contributed by atoms with Crippen LogP contribution in [0, 0.1) is 5.41 Å². The number of aliphatic carboxylic acids is 1. The van der Waals surface area contributed by atoms with Gasteiger partial charge in [0.05, 0.1) is 6.10 Å². The first-order valence-electron chi connectivity index (χ1n) is 8.12. The number of benzene rings is 1. The number of nitrogens with zero attached hydrogens (tertiary/aromatic N) is 3. The van der Waals surface area contributed by atoms with Crippen LogP contribution >= 0.6 is 11.3 Å². The number of hydrogen-bond donors (Lipinski definition) is 2. The Hall–Kier alpha value is -1.99. The molecule has 2 aromatic rings. The van der Waals surface area contributed by atoms with Crippen molar-refractivity contribution >= 4 is 22.4 Å². The summed E-state index contributed by atoms with van der Waals surface area (Å²) in [5.41, 5.74) is -0.137. The number of carboxylic acid groups (broad SMARTS) is 1. The molecule has 1 fully saturated rings. The Morgan fingerprint density at radius 2 is 2.12 bits per heavy atom. The topological polar surface area (TPSA) is 86.5 Å². The van der Waals surface area contributed by atoms with E-state index in [0.717, 1.165) is 10.6 Å². The molecular formula is C17H21N3O3S. The molecule has 2 N–H and O–H groups in total. The van der Waals surface area contributed by atoms with Crippen molar-refractivity contribution in [3.05, 3.63) is 30.3 Å². The molecule has 0 unspecified atom stereocenters. The fourth-order valence-corrected chi connectivity index (χ4v) is 4.17. The lowest BCUT2D eigenvalue weighted by atomic mass is 9.74. The van der Waals surface area contributed by atoms with Crippen LogP contribution in [-0.2, 0) is 4.79 Å². The van der Waals surface area contributed by atoms with Gasteiger partial charge in [-0.25, -0.2) is 0 Å². The maximum Gasteiger partial charge on any atom is 0.314 e. The zero-order chi connectivity index (χ0) is 17.2. The van der Waals surface area contributed by atoms with Gasteiger partial charge in [0.2, 0.25) is 5.13 Å². The molecule has 1 aromatic heterocycles. The Balaban J connectivity index is 1.85. The minimum atomic E-state index is -1.13. The van der Waals surface area contributed by atoms with Gasteiger partial charge in [-0.1, -0.05) is 55.0 Å². The van der Waals surface area contributed by atoms with Crippen molar-refractivity contribution in [2.24, 2.45) is 5.41 Å². The maximum atomic E-state index is 11.9. The molecule has 1 aliphatic rings. The molecule has 1 saturated heterocycles. The number of carbonyl (C=O) groups is 1. The third-order valence-electron chi connectivity index (χ3n) is 4.61. The summed E-state index contributed by atoms with van der Waals surface area (Å²) in [6.45, 7) is 2.79. The zero-order valence-electron chi connectivity index (χ0n) is 13.6. The lowest BCUT2D eigenvalue weighted by molar-refractivity contribution is -0.158. The van der Waals surface area contributed by atoms with Crippen LogP contribution < -0.4 is 4.90 Å². The molecule has 7 heteroatoms. The SMILES string of the molecule is CCC[C@@]1(C(=O)O)CN(c2nnc(-c3ccccc3)s2)CC[C@@H]1O. The summed E-state index contributed by atoms with van der Waals surface area (Å²) in [5, 5.41) is 30.1. The smallest absolute Gasteiger partial charge is 0.314 e. The van der Waals surface area contributed by atoms with E-state index in [-0.39, 0.29) is 6.54 Å². The number of piperidine rings is 1. The van der Waals surface area contributed by atoms with E-state index in [1.54, 1.807) is 0 Å². The van der Waals surface area contributed by atoms with Crippen molar-refractivity contribution in [1.29, 1.82) is 0 Å². The van der Waals surface area contributed by atoms with E-state index in [0.29, 0.717) is 30.9 Å². The molecule has 1 aromatic carbocycles. The van der Waals surface area contributed by atoms with Crippen molar-refractivity contribution in [2.75, 3.05) is 18.0 Å². The molecule has 6 nitrogen and oxygen atoms in total. The summed E-state index contributed by atoms with van der Waals surface area (Å²) >= 11 is 1.45. The number of carboxylic acids is 1. The first-order valence-corrected chi connectivity index (χ1v) is 8.94. The predicted molar refractivity (Wildman–Crippen MR) is 93.2 cm³/mol. The van der Waals surface area contributed by atoms with Crippen LogP contribution in [0.25, 0.3) is 10.6 Å². The van der Waals surface area contributed by atoms with Gasteiger partial charge in [-0.2, -0.15) is 0 Å². The normalized spacial score (nSPS) is 24.1. The van der Waals surface area contributed by atoms with Crippen LogP contribution in [0.15, 0.2) is 30.3 Å². The predicted octanol–water partition coefficient (Wildman–Crippen LogP) is 2.65. The minimum Gasteiger partial charge on any atom is -0.481 e. The summed E-state index contributed by atoms with van der Waals surface area (Å²) in [6, 6.07) is 9.80. The van der Waals surface area contributed by atoms with Gasteiger partial charge in [0.15, 0.2) is 0 Å². The number of anilines is 1. The Labute approximate surface area is 144 Å². The van der Waals surface area contributed by atoms with Gasteiger partial charge in [-0.05, 0) is 12.8 Å². The summed E-state index contributed by atoms with van der Waals surface area (Å²) in [7, 11) is 0. The molecule has 2 heterocycles. The van der Waals surface area contributed by atoms with Crippen LogP contribution in [0.4, 0.5) is 5.13 Å². The molecule has 1 aliphatic heterocycles. The molecule has 0 saturated carbocycles. The summed E-state index contributed by atoms with van der Waals surface area (Å²) < 4.78 is 0. The largest absolute Gasteiger partial charge is 0.481 e. The molecule has 128 valence electrons. The van der Waals surface area contributed by atoms with E-state index in [1.807, 2.05) is 42.2 Å². The molecule has 0 amide bonds. The van der Waals surface area contributed by atoms with Gasteiger partial charge in [0.1, 0.15) is 10.4 Å². The summed E-state index contributed by atoms with van der Waals surface area (Å²) in [4.78, 5) is 13.8. The molecule has 0 spiro atoms.